The molecule has 2 amide bonds. The van der Waals surface area contributed by atoms with Gasteiger partial charge in [0.15, 0.2) is 4.96 Å². The smallest absolute Gasteiger partial charge is 0.274 e. The molecule has 0 spiro atoms. The number of aromatic nitrogens is 2. The van der Waals surface area contributed by atoms with E-state index in [9.17, 15) is 9.59 Å². The summed E-state index contributed by atoms with van der Waals surface area (Å²) in [5.74, 6) is 0.00513. The van der Waals surface area contributed by atoms with Gasteiger partial charge in [-0.05, 0) is 12.0 Å². The van der Waals surface area contributed by atoms with Crippen LogP contribution in [-0.4, -0.2) is 50.1 Å². The van der Waals surface area contributed by atoms with Crippen molar-refractivity contribution in [3.63, 3.8) is 0 Å². The van der Waals surface area contributed by atoms with E-state index in [1.807, 2.05) is 51.2 Å². The second-order valence-corrected chi connectivity index (χ2v) is 7.66. The van der Waals surface area contributed by atoms with Gasteiger partial charge in [0, 0.05) is 49.9 Å². The largest absolute Gasteiger partial charge is 0.335 e. The van der Waals surface area contributed by atoms with Gasteiger partial charge < -0.3 is 9.80 Å². The zero-order valence-corrected chi connectivity index (χ0v) is 16.1. The van der Waals surface area contributed by atoms with Crippen molar-refractivity contribution in [3.05, 3.63) is 59.4 Å². The minimum Gasteiger partial charge on any atom is -0.335 e. The number of imidazole rings is 1. The Morgan fingerprint density at radius 2 is 2.11 bits per heavy atom. The van der Waals surface area contributed by atoms with E-state index in [4.69, 9.17) is 0 Å². The first-order valence-corrected chi connectivity index (χ1v) is 10.1. The standard InChI is InChI=1S/C20H22N4O2S/c1-2-16-13-22(19(26)17-14-23-10-11-27-20(23)21-17)9-8-18(25)24(16)12-15-6-4-3-5-7-15/h3-7,10-11,14,16H,2,8-9,12-13H2,1H3. The number of thiazole rings is 1. The lowest BCUT2D eigenvalue weighted by Crippen LogP contribution is -2.43. The molecular weight excluding hydrogens is 360 g/mol. The molecule has 140 valence electrons. The summed E-state index contributed by atoms with van der Waals surface area (Å²) in [4.78, 5) is 34.7. The van der Waals surface area contributed by atoms with Crippen LogP contribution in [0.2, 0.25) is 0 Å². The van der Waals surface area contributed by atoms with E-state index in [-0.39, 0.29) is 17.9 Å². The molecule has 0 radical (unpaired) electrons. The lowest BCUT2D eigenvalue weighted by molar-refractivity contribution is -0.133. The molecule has 1 aliphatic rings. The third kappa shape index (κ3) is 3.60. The highest BCUT2D eigenvalue weighted by Crippen LogP contribution is 2.20. The van der Waals surface area contributed by atoms with Gasteiger partial charge in [0.05, 0.1) is 0 Å². The topological polar surface area (TPSA) is 57.9 Å². The summed E-state index contributed by atoms with van der Waals surface area (Å²) >= 11 is 1.50. The van der Waals surface area contributed by atoms with Crippen molar-refractivity contribution in [1.82, 2.24) is 19.2 Å². The van der Waals surface area contributed by atoms with Gasteiger partial charge in [0.1, 0.15) is 5.69 Å². The molecule has 7 heteroatoms. The van der Waals surface area contributed by atoms with Crippen LogP contribution in [0.1, 0.15) is 35.8 Å². The summed E-state index contributed by atoms with van der Waals surface area (Å²) in [6, 6.07) is 10.0. The molecule has 0 bridgehead atoms. The maximum Gasteiger partial charge on any atom is 0.274 e. The second-order valence-electron chi connectivity index (χ2n) is 6.79. The van der Waals surface area contributed by atoms with Gasteiger partial charge in [0.25, 0.3) is 5.91 Å². The Labute approximate surface area is 162 Å². The molecule has 1 saturated heterocycles. The second kappa shape index (κ2) is 7.52. The first kappa shape index (κ1) is 17.7. The van der Waals surface area contributed by atoms with Gasteiger partial charge in [-0.1, -0.05) is 37.3 Å². The van der Waals surface area contributed by atoms with Crippen molar-refractivity contribution in [2.75, 3.05) is 13.1 Å². The molecule has 1 unspecified atom stereocenters. The Morgan fingerprint density at radius 3 is 2.85 bits per heavy atom. The SMILES string of the molecule is CCC1CN(C(=O)c2cn3ccsc3n2)CCC(=O)N1Cc1ccccc1. The Kier molecular flexibility index (Phi) is 4.94. The Morgan fingerprint density at radius 1 is 1.30 bits per heavy atom. The number of rotatable bonds is 4. The number of nitrogens with zero attached hydrogens (tertiary/aromatic N) is 4. The highest BCUT2D eigenvalue weighted by Gasteiger charge is 2.31. The third-order valence-electron chi connectivity index (χ3n) is 5.05. The van der Waals surface area contributed by atoms with Crippen LogP contribution < -0.4 is 0 Å². The molecule has 1 fully saturated rings. The summed E-state index contributed by atoms with van der Waals surface area (Å²) in [6.07, 6.45) is 4.81. The summed E-state index contributed by atoms with van der Waals surface area (Å²) in [6.45, 7) is 3.63. The zero-order chi connectivity index (χ0) is 18.8. The molecule has 1 aliphatic heterocycles. The first-order valence-electron chi connectivity index (χ1n) is 9.20. The summed E-state index contributed by atoms with van der Waals surface area (Å²) in [5, 5.41) is 1.94. The van der Waals surface area contributed by atoms with E-state index >= 15 is 0 Å². The predicted molar refractivity (Wildman–Crippen MR) is 105 cm³/mol. The molecule has 1 aromatic carbocycles. The third-order valence-corrected chi connectivity index (χ3v) is 5.83. The number of fused-ring (bicyclic) bond motifs is 1. The van der Waals surface area contributed by atoms with Crippen molar-refractivity contribution in [2.24, 2.45) is 0 Å². The number of carbonyl (C=O) groups excluding carboxylic acids is 2. The van der Waals surface area contributed by atoms with Crippen molar-refractivity contribution in [3.8, 4) is 0 Å². The van der Waals surface area contributed by atoms with Crippen LogP contribution in [-0.2, 0) is 11.3 Å². The average molecular weight is 382 g/mol. The fraction of sp³-hybridized carbons (Fsp3) is 0.350. The van der Waals surface area contributed by atoms with Crippen LogP contribution >= 0.6 is 11.3 Å². The molecule has 3 heterocycles. The van der Waals surface area contributed by atoms with E-state index in [0.717, 1.165) is 16.9 Å². The van der Waals surface area contributed by atoms with Gasteiger partial charge in [-0.3, -0.25) is 14.0 Å². The quantitative estimate of drug-likeness (QED) is 0.697. The molecule has 1 atom stereocenters. The number of amides is 2. The molecule has 4 rings (SSSR count). The van der Waals surface area contributed by atoms with Gasteiger partial charge >= 0.3 is 0 Å². The van der Waals surface area contributed by atoms with Crippen LogP contribution in [0.4, 0.5) is 0 Å². The van der Waals surface area contributed by atoms with Gasteiger partial charge in [-0.25, -0.2) is 4.98 Å². The number of carbonyl (C=O) groups is 2. The molecular formula is C20H22N4O2S. The molecule has 0 saturated carbocycles. The van der Waals surface area contributed by atoms with Crippen LogP contribution in [0.25, 0.3) is 4.96 Å². The molecule has 6 nitrogen and oxygen atoms in total. The van der Waals surface area contributed by atoms with Crippen molar-refractivity contribution >= 4 is 28.1 Å². The fourth-order valence-electron chi connectivity index (χ4n) is 3.55. The predicted octanol–water partition coefficient (Wildman–Crippen LogP) is 3.05. The molecule has 0 aliphatic carbocycles. The zero-order valence-electron chi connectivity index (χ0n) is 15.2. The Bertz CT molecular complexity index is 921. The van der Waals surface area contributed by atoms with Crippen LogP contribution in [0.15, 0.2) is 48.1 Å². The van der Waals surface area contributed by atoms with Crippen molar-refractivity contribution in [2.45, 2.75) is 32.4 Å². The monoisotopic (exact) mass is 382 g/mol. The van der Waals surface area contributed by atoms with Crippen LogP contribution in [0, 0.1) is 0 Å². The Hall–Kier alpha value is -2.67. The summed E-state index contributed by atoms with van der Waals surface area (Å²) < 4.78 is 1.86. The molecule has 0 N–H and O–H groups in total. The maximum atomic E-state index is 13.0. The highest BCUT2D eigenvalue weighted by atomic mass is 32.1. The normalized spacial score (nSPS) is 18.1. The number of hydrogen-bond acceptors (Lipinski definition) is 4. The Balaban J connectivity index is 1.54. The summed E-state index contributed by atoms with van der Waals surface area (Å²) in [7, 11) is 0. The fourth-order valence-corrected chi connectivity index (χ4v) is 4.25. The lowest BCUT2D eigenvalue weighted by Gasteiger charge is -2.31. The maximum absolute atomic E-state index is 13.0. The van der Waals surface area contributed by atoms with Crippen LogP contribution in [0.5, 0.6) is 0 Å². The van der Waals surface area contributed by atoms with E-state index < -0.39 is 0 Å². The van der Waals surface area contributed by atoms with Crippen molar-refractivity contribution < 1.29 is 9.59 Å². The highest BCUT2D eigenvalue weighted by molar-refractivity contribution is 7.15. The van der Waals surface area contributed by atoms with Gasteiger partial charge in [-0.15, -0.1) is 11.3 Å². The van der Waals surface area contributed by atoms with Crippen molar-refractivity contribution in [1.29, 1.82) is 0 Å². The number of benzene rings is 1. The molecule has 3 aromatic rings. The minimum atomic E-state index is -0.0984. The van der Waals surface area contributed by atoms with E-state index in [1.165, 1.54) is 11.3 Å². The van der Waals surface area contributed by atoms with E-state index in [1.54, 1.807) is 11.1 Å². The van der Waals surface area contributed by atoms with E-state index in [2.05, 4.69) is 11.9 Å². The average Bonchev–Trinajstić information content (AvgIpc) is 3.25. The van der Waals surface area contributed by atoms with Gasteiger partial charge in [-0.2, -0.15) is 0 Å². The van der Waals surface area contributed by atoms with E-state index in [0.29, 0.717) is 31.7 Å². The van der Waals surface area contributed by atoms with Gasteiger partial charge in [0.2, 0.25) is 5.91 Å². The van der Waals surface area contributed by atoms with Crippen LogP contribution in [0.3, 0.4) is 0 Å². The lowest BCUT2D eigenvalue weighted by atomic mass is 10.1. The first-order chi connectivity index (χ1) is 13.2. The molecule has 27 heavy (non-hydrogen) atoms. The molecule has 2 aromatic heterocycles. The summed E-state index contributed by atoms with van der Waals surface area (Å²) in [5.41, 5.74) is 1.55. The minimum absolute atomic E-state index is 0.00730. The number of hydrogen-bond donors (Lipinski definition) is 0.